The summed E-state index contributed by atoms with van der Waals surface area (Å²) in [7, 11) is 4.76. The first-order valence-electron chi connectivity index (χ1n) is 7.77. The summed E-state index contributed by atoms with van der Waals surface area (Å²) in [6.07, 6.45) is 1.86. The zero-order valence-electron chi connectivity index (χ0n) is 14.5. The van der Waals surface area contributed by atoms with Crippen molar-refractivity contribution in [2.24, 2.45) is 7.05 Å². The smallest absolute Gasteiger partial charge is 0.262 e. The first-order valence-corrected chi connectivity index (χ1v) is 7.77. The Kier molecular flexibility index (Phi) is 6.53. The van der Waals surface area contributed by atoms with Gasteiger partial charge in [-0.1, -0.05) is 12.1 Å². The number of hydrogen-bond donors (Lipinski definition) is 2. The van der Waals surface area contributed by atoms with E-state index in [1.807, 2.05) is 0 Å². The lowest BCUT2D eigenvalue weighted by Gasteiger charge is -2.07. The maximum absolute atomic E-state index is 12.3. The molecule has 1 aromatic carbocycles. The summed E-state index contributed by atoms with van der Waals surface area (Å²) in [5.74, 6) is -0.117. The molecule has 8 nitrogen and oxygen atoms in total. The molecule has 0 aliphatic carbocycles. The largest absolute Gasteiger partial charge is 0.479 e. The van der Waals surface area contributed by atoms with Crippen molar-refractivity contribution < 1.29 is 19.1 Å². The van der Waals surface area contributed by atoms with Crippen LogP contribution in [0.25, 0.3) is 0 Å². The summed E-state index contributed by atoms with van der Waals surface area (Å²) < 4.78 is 11.5. The lowest BCUT2D eigenvalue weighted by atomic mass is 10.1. The molecule has 8 heteroatoms. The summed E-state index contributed by atoms with van der Waals surface area (Å²) in [4.78, 5) is 24.0. The number of carbonyl (C=O) groups is 2. The van der Waals surface area contributed by atoms with Gasteiger partial charge in [0, 0.05) is 32.6 Å². The van der Waals surface area contributed by atoms with Crippen LogP contribution in [0.1, 0.15) is 15.9 Å². The third kappa shape index (κ3) is 5.32. The first kappa shape index (κ1) is 18.5. The Labute approximate surface area is 146 Å². The van der Waals surface area contributed by atoms with Crippen LogP contribution in [-0.2, 0) is 23.0 Å². The number of aryl methyl sites for hydroxylation is 1. The van der Waals surface area contributed by atoms with Gasteiger partial charge in [0.15, 0.2) is 0 Å². The van der Waals surface area contributed by atoms with Crippen LogP contribution in [0.2, 0.25) is 0 Å². The van der Waals surface area contributed by atoms with Crippen molar-refractivity contribution in [1.82, 2.24) is 15.1 Å². The molecule has 0 radical (unpaired) electrons. The molecule has 2 aromatic rings. The van der Waals surface area contributed by atoms with E-state index >= 15 is 0 Å². The minimum atomic E-state index is -0.310. The molecular formula is C17H22N4O4. The number of carbonyl (C=O) groups excluding carboxylic acids is 2. The number of aromatic nitrogens is 2. The maximum Gasteiger partial charge on any atom is 0.262 e. The van der Waals surface area contributed by atoms with Crippen LogP contribution in [0.5, 0.6) is 5.88 Å². The van der Waals surface area contributed by atoms with Gasteiger partial charge in [0.2, 0.25) is 11.8 Å². The molecule has 134 valence electrons. The van der Waals surface area contributed by atoms with E-state index in [2.05, 4.69) is 15.7 Å². The average Bonchev–Trinajstić information content (AvgIpc) is 2.98. The van der Waals surface area contributed by atoms with Gasteiger partial charge < -0.3 is 20.1 Å². The van der Waals surface area contributed by atoms with Gasteiger partial charge >= 0.3 is 0 Å². The van der Waals surface area contributed by atoms with Crippen molar-refractivity contribution >= 4 is 17.5 Å². The normalized spacial score (nSPS) is 10.4. The van der Waals surface area contributed by atoms with Gasteiger partial charge in [-0.15, -0.1) is 5.10 Å². The molecule has 0 aliphatic heterocycles. The zero-order chi connectivity index (χ0) is 18.2. The second-order valence-electron chi connectivity index (χ2n) is 5.40. The summed E-state index contributed by atoms with van der Waals surface area (Å²) in [6.45, 7) is 0.963. The van der Waals surface area contributed by atoms with Crippen LogP contribution in [0, 0.1) is 0 Å². The van der Waals surface area contributed by atoms with Crippen molar-refractivity contribution in [2.45, 2.75) is 6.42 Å². The fraction of sp³-hybridized carbons (Fsp3) is 0.353. The summed E-state index contributed by atoms with van der Waals surface area (Å²) >= 11 is 0. The Bertz CT molecular complexity index is 725. The summed E-state index contributed by atoms with van der Waals surface area (Å²) in [6, 6.07) is 7.09. The van der Waals surface area contributed by atoms with Gasteiger partial charge in [-0.25, -0.2) is 0 Å². The Morgan fingerprint density at radius 3 is 2.56 bits per heavy atom. The van der Waals surface area contributed by atoms with E-state index in [4.69, 9.17) is 9.47 Å². The van der Waals surface area contributed by atoms with Gasteiger partial charge in [0.25, 0.3) is 5.91 Å². The maximum atomic E-state index is 12.3. The molecule has 0 aliphatic rings. The van der Waals surface area contributed by atoms with Crippen LogP contribution in [0.15, 0.2) is 30.5 Å². The number of benzene rings is 1. The number of nitrogens with one attached hydrogen (secondary N) is 2. The topological polar surface area (TPSA) is 94.5 Å². The molecule has 0 unspecified atom stereocenters. The van der Waals surface area contributed by atoms with E-state index in [0.717, 1.165) is 5.56 Å². The van der Waals surface area contributed by atoms with Gasteiger partial charge in [-0.3, -0.25) is 14.3 Å². The molecule has 0 bridgehead atoms. The SMILES string of the molecule is COCCNC(=O)Cc1ccc(NC(=O)c2cn(C)nc2OC)cc1. The Morgan fingerprint density at radius 2 is 1.92 bits per heavy atom. The molecule has 2 amide bonds. The highest BCUT2D eigenvalue weighted by Gasteiger charge is 2.16. The van der Waals surface area contributed by atoms with Crippen molar-refractivity contribution in [3.8, 4) is 5.88 Å². The molecule has 0 spiro atoms. The zero-order valence-corrected chi connectivity index (χ0v) is 14.5. The van der Waals surface area contributed by atoms with E-state index in [0.29, 0.717) is 24.4 Å². The number of anilines is 1. The molecular weight excluding hydrogens is 324 g/mol. The number of nitrogens with zero attached hydrogens (tertiary/aromatic N) is 2. The molecule has 0 saturated carbocycles. The highest BCUT2D eigenvalue weighted by molar-refractivity contribution is 6.05. The second kappa shape index (κ2) is 8.84. The summed E-state index contributed by atoms with van der Waals surface area (Å²) in [5.41, 5.74) is 1.83. The van der Waals surface area contributed by atoms with E-state index < -0.39 is 0 Å². The number of amides is 2. The van der Waals surface area contributed by atoms with Gasteiger partial charge in [-0.2, -0.15) is 0 Å². The van der Waals surface area contributed by atoms with Crippen LogP contribution >= 0.6 is 0 Å². The standard InChI is InChI=1S/C17H22N4O4/c1-21-11-14(17(20-21)25-3)16(23)19-13-6-4-12(5-7-13)10-15(22)18-8-9-24-2/h4-7,11H,8-10H2,1-3H3,(H,18,22)(H,19,23). The molecule has 0 saturated heterocycles. The van der Waals surface area contributed by atoms with Crippen molar-refractivity contribution in [3.63, 3.8) is 0 Å². The van der Waals surface area contributed by atoms with E-state index in [-0.39, 0.29) is 24.1 Å². The monoisotopic (exact) mass is 346 g/mol. The lowest BCUT2D eigenvalue weighted by Crippen LogP contribution is -2.28. The average molecular weight is 346 g/mol. The van der Waals surface area contributed by atoms with Crippen LogP contribution in [0.4, 0.5) is 5.69 Å². The molecule has 1 aromatic heterocycles. The first-order chi connectivity index (χ1) is 12.0. The Hall–Kier alpha value is -2.87. The van der Waals surface area contributed by atoms with Gasteiger partial charge in [-0.05, 0) is 17.7 Å². The van der Waals surface area contributed by atoms with E-state index in [1.165, 1.54) is 11.8 Å². The fourth-order valence-electron chi connectivity index (χ4n) is 2.22. The highest BCUT2D eigenvalue weighted by atomic mass is 16.5. The lowest BCUT2D eigenvalue weighted by molar-refractivity contribution is -0.120. The van der Waals surface area contributed by atoms with E-state index in [1.54, 1.807) is 44.6 Å². The fourth-order valence-corrected chi connectivity index (χ4v) is 2.22. The Balaban J connectivity index is 1.93. The van der Waals surface area contributed by atoms with Crippen LogP contribution in [-0.4, -0.2) is 49.0 Å². The molecule has 0 atom stereocenters. The minimum Gasteiger partial charge on any atom is -0.479 e. The third-order valence-corrected chi connectivity index (χ3v) is 3.44. The molecule has 2 rings (SSSR count). The third-order valence-electron chi connectivity index (χ3n) is 3.44. The minimum absolute atomic E-state index is 0.0751. The quantitative estimate of drug-likeness (QED) is 0.695. The second-order valence-corrected chi connectivity index (χ2v) is 5.40. The predicted octanol–water partition coefficient (Wildman–Crippen LogP) is 0.986. The predicted molar refractivity (Wildman–Crippen MR) is 92.7 cm³/mol. The number of rotatable bonds is 8. The van der Waals surface area contributed by atoms with Crippen LogP contribution in [0.3, 0.4) is 0 Å². The highest BCUT2D eigenvalue weighted by Crippen LogP contribution is 2.17. The number of hydrogen-bond acceptors (Lipinski definition) is 5. The molecule has 0 fully saturated rings. The van der Waals surface area contributed by atoms with Crippen LogP contribution < -0.4 is 15.4 Å². The van der Waals surface area contributed by atoms with Crippen molar-refractivity contribution in [1.29, 1.82) is 0 Å². The summed E-state index contributed by atoms with van der Waals surface area (Å²) in [5, 5.41) is 9.59. The molecule has 25 heavy (non-hydrogen) atoms. The van der Waals surface area contributed by atoms with Gasteiger partial charge in [0.1, 0.15) is 5.56 Å². The number of methoxy groups -OCH3 is 2. The van der Waals surface area contributed by atoms with Crippen molar-refractivity contribution in [3.05, 3.63) is 41.6 Å². The van der Waals surface area contributed by atoms with E-state index in [9.17, 15) is 9.59 Å². The number of ether oxygens (including phenoxy) is 2. The van der Waals surface area contributed by atoms with Crippen molar-refractivity contribution in [2.75, 3.05) is 32.7 Å². The molecule has 1 heterocycles. The molecule has 2 N–H and O–H groups in total. The Morgan fingerprint density at radius 1 is 1.20 bits per heavy atom. The van der Waals surface area contributed by atoms with Gasteiger partial charge in [0.05, 0.1) is 20.1 Å².